The summed E-state index contributed by atoms with van der Waals surface area (Å²) in [6.45, 7) is 2.27. The molecule has 0 aliphatic heterocycles. The van der Waals surface area contributed by atoms with Crippen LogP contribution in [-0.4, -0.2) is 4.40 Å². The van der Waals surface area contributed by atoms with E-state index in [1.54, 1.807) is 0 Å². The molecule has 270 valence electrons. The summed E-state index contributed by atoms with van der Waals surface area (Å²) in [5.74, 6) is 5.17. The number of nitrogens with zero attached hydrogens (tertiary/aromatic N) is 3. The molecule has 3 heterocycles. The number of aromatic nitrogens is 1. The van der Waals surface area contributed by atoms with Crippen LogP contribution in [0.1, 0.15) is 127 Å². The van der Waals surface area contributed by atoms with Gasteiger partial charge in [-0.3, -0.25) is 0 Å². The summed E-state index contributed by atoms with van der Waals surface area (Å²) in [5.41, 5.74) is 17.4. The van der Waals surface area contributed by atoms with E-state index in [9.17, 15) is 10.5 Å². The van der Waals surface area contributed by atoms with Gasteiger partial charge in [-0.15, -0.1) is 0 Å². The number of fused-ring (bicyclic) bond motifs is 15. The molecule has 7 bridgehead atoms. The van der Waals surface area contributed by atoms with Crippen LogP contribution in [0.25, 0.3) is 71.2 Å². The summed E-state index contributed by atoms with van der Waals surface area (Å²) in [7, 11) is 0. The normalized spacial score (nSPS) is 31.7. The van der Waals surface area contributed by atoms with Crippen LogP contribution in [0.2, 0.25) is 0 Å². The molecule has 4 heteroatoms. The molecule has 0 radical (unpaired) electrons. The first-order valence-electron chi connectivity index (χ1n) is 21.6. The number of rotatable bonds is 1. The van der Waals surface area contributed by atoms with Gasteiger partial charge in [-0.05, 0) is 199 Å². The zero-order valence-corrected chi connectivity index (χ0v) is 31.7. The minimum atomic E-state index is 0.474. The van der Waals surface area contributed by atoms with E-state index in [0.29, 0.717) is 29.1 Å². The third-order valence-electron chi connectivity index (χ3n) is 17.8. The minimum Gasteiger partial charge on any atom is -0.456 e. The third kappa shape index (κ3) is 3.24. The van der Waals surface area contributed by atoms with Crippen molar-refractivity contribution in [3.05, 3.63) is 99.6 Å². The Balaban J connectivity index is 1.16. The fraction of sp³-hybridized carbons (Fsp3) is 0.385. The van der Waals surface area contributed by atoms with Crippen LogP contribution in [0.5, 0.6) is 0 Å². The lowest BCUT2D eigenvalue weighted by Crippen LogP contribution is -2.41. The van der Waals surface area contributed by atoms with Crippen molar-refractivity contribution in [2.75, 3.05) is 0 Å². The Hall–Kier alpha value is -5.32. The van der Waals surface area contributed by atoms with Crippen LogP contribution < -0.4 is 0 Å². The molecule has 5 saturated carbocycles. The van der Waals surface area contributed by atoms with Gasteiger partial charge < -0.3 is 8.82 Å². The molecule has 56 heavy (non-hydrogen) atoms. The highest BCUT2D eigenvalue weighted by atomic mass is 16.3. The zero-order chi connectivity index (χ0) is 36.5. The molecule has 0 amide bonds. The van der Waals surface area contributed by atoms with Crippen molar-refractivity contribution >= 4 is 60.0 Å². The van der Waals surface area contributed by atoms with Crippen molar-refractivity contribution in [1.29, 1.82) is 10.5 Å². The smallest absolute Gasteiger partial charge is 0.136 e. The summed E-state index contributed by atoms with van der Waals surface area (Å²) >= 11 is 0. The summed E-state index contributed by atoms with van der Waals surface area (Å²) in [5, 5.41) is 29.9. The topological polar surface area (TPSA) is 65.1 Å². The highest BCUT2D eigenvalue weighted by Crippen LogP contribution is 2.77. The molecule has 7 atom stereocenters. The lowest BCUT2D eigenvalue weighted by atomic mass is 9.56. The SMILES string of the molecule is Cc1ccc2oc3ccccc3c2c1-c1cc2c3c4c(c(C#N)cc3n3c5cc(C#N)c6c(c5c(c1)c23)C1CC2CC3CC6CC32C1)C1CC2CC(C1)CC4C2. The van der Waals surface area contributed by atoms with Gasteiger partial charge in [-0.25, -0.2) is 0 Å². The van der Waals surface area contributed by atoms with E-state index in [2.05, 4.69) is 84.1 Å². The van der Waals surface area contributed by atoms with Crippen molar-refractivity contribution in [3.63, 3.8) is 0 Å². The van der Waals surface area contributed by atoms with Gasteiger partial charge in [0.1, 0.15) is 11.2 Å². The molecule has 1 spiro atoms. The van der Waals surface area contributed by atoms with Crippen molar-refractivity contribution in [3.8, 4) is 23.3 Å². The summed E-state index contributed by atoms with van der Waals surface area (Å²) in [6, 6.07) is 28.1. The predicted octanol–water partition coefficient (Wildman–Crippen LogP) is 13.2. The number of para-hydroxylation sites is 1. The quantitative estimate of drug-likeness (QED) is 0.169. The highest BCUT2D eigenvalue weighted by Gasteiger charge is 2.66. The zero-order valence-electron chi connectivity index (χ0n) is 31.7. The summed E-state index contributed by atoms with van der Waals surface area (Å²) < 4.78 is 9.08. The largest absolute Gasteiger partial charge is 0.456 e. The highest BCUT2D eigenvalue weighted by molar-refractivity contribution is 6.27. The first kappa shape index (κ1) is 29.9. The number of nitriles is 2. The van der Waals surface area contributed by atoms with Gasteiger partial charge in [-0.2, -0.15) is 10.5 Å². The fourth-order valence-electron chi connectivity index (χ4n) is 16.2. The maximum atomic E-state index is 11.0. The predicted molar refractivity (Wildman–Crippen MR) is 222 cm³/mol. The Morgan fingerprint density at radius 3 is 1.89 bits per heavy atom. The van der Waals surface area contributed by atoms with E-state index in [1.165, 1.54) is 152 Å². The maximum Gasteiger partial charge on any atom is 0.136 e. The second kappa shape index (κ2) is 9.61. The average Bonchev–Trinajstić information content (AvgIpc) is 3.94. The molecule has 5 aromatic carbocycles. The van der Waals surface area contributed by atoms with Crippen LogP contribution >= 0.6 is 0 Å². The lowest BCUT2D eigenvalue weighted by molar-refractivity contribution is 0.00322. The maximum absolute atomic E-state index is 11.0. The Labute approximate surface area is 325 Å². The Bertz CT molecular complexity index is 3260. The number of hydrogen-bond acceptors (Lipinski definition) is 3. The van der Waals surface area contributed by atoms with Crippen LogP contribution in [0.15, 0.2) is 65.1 Å². The van der Waals surface area contributed by atoms with E-state index in [4.69, 9.17) is 4.42 Å². The van der Waals surface area contributed by atoms with Crippen molar-refractivity contribution in [2.24, 2.45) is 29.1 Å². The second-order valence-corrected chi connectivity index (χ2v) is 19.9. The molecule has 7 unspecified atom stereocenters. The standard InChI is InChI=1S/C52H41N3O/c1-24-6-7-42-50(36-4-2-3-5-41(36)56-42)43(24)29-15-37-48-39(17-32(22-53)44-27-9-25-8-26(10-27)12-28(11-25)46(44)48)55-40-18-33(23-54)45-30-13-34-19-35-14-31(21-52(34,35)20-30)47(45)49(40)38(16-29)51(37)55/h2-7,15-18,25-28,30-31,34-35H,8-14,19-21H2,1H3. The van der Waals surface area contributed by atoms with E-state index >= 15 is 0 Å². The van der Waals surface area contributed by atoms with Gasteiger partial charge in [0.25, 0.3) is 0 Å². The van der Waals surface area contributed by atoms with Crippen LogP contribution in [0.3, 0.4) is 0 Å². The van der Waals surface area contributed by atoms with Crippen molar-refractivity contribution < 1.29 is 4.42 Å². The van der Waals surface area contributed by atoms with Crippen LogP contribution in [0, 0.1) is 58.7 Å². The van der Waals surface area contributed by atoms with Gasteiger partial charge in [0.2, 0.25) is 0 Å². The summed E-state index contributed by atoms with van der Waals surface area (Å²) in [4.78, 5) is 0. The Morgan fingerprint density at radius 2 is 1.21 bits per heavy atom. The van der Waals surface area contributed by atoms with Crippen LogP contribution in [-0.2, 0) is 0 Å². The molecule has 5 fully saturated rings. The molecule has 0 saturated heterocycles. The first-order valence-corrected chi connectivity index (χ1v) is 21.6. The number of furan rings is 1. The molecular weight excluding hydrogens is 683 g/mol. The van der Waals surface area contributed by atoms with Crippen LogP contribution in [0.4, 0.5) is 0 Å². The number of hydrogen-bond donors (Lipinski definition) is 0. The molecule has 3 aromatic heterocycles. The number of benzene rings is 5. The van der Waals surface area contributed by atoms with E-state index in [-0.39, 0.29) is 0 Å². The third-order valence-corrected chi connectivity index (χ3v) is 17.8. The van der Waals surface area contributed by atoms with Gasteiger partial charge in [-0.1, -0.05) is 24.3 Å². The molecule has 8 aromatic rings. The van der Waals surface area contributed by atoms with Crippen molar-refractivity contribution in [2.45, 2.75) is 94.8 Å². The molecular formula is C52H41N3O. The van der Waals surface area contributed by atoms with Gasteiger partial charge in [0.15, 0.2) is 0 Å². The molecule has 8 aliphatic rings. The van der Waals surface area contributed by atoms with E-state index < -0.39 is 0 Å². The Kier molecular flexibility index (Phi) is 5.13. The van der Waals surface area contributed by atoms with Gasteiger partial charge >= 0.3 is 0 Å². The van der Waals surface area contributed by atoms with E-state index in [1.807, 2.05) is 0 Å². The molecule has 8 aliphatic carbocycles. The summed E-state index contributed by atoms with van der Waals surface area (Å²) in [6.07, 6.45) is 12.8. The first-order chi connectivity index (χ1) is 27.5. The molecule has 16 rings (SSSR count). The number of aryl methyl sites for hydroxylation is 1. The average molecular weight is 724 g/mol. The minimum absolute atomic E-state index is 0.474. The lowest BCUT2D eigenvalue weighted by Gasteiger charge is -2.48. The monoisotopic (exact) mass is 723 g/mol. The Morgan fingerprint density at radius 1 is 0.607 bits per heavy atom. The van der Waals surface area contributed by atoms with Gasteiger partial charge in [0.05, 0.1) is 39.8 Å². The fourth-order valence-corrected chi connectivity index (χ4v) is 16.2. The van der Waals surface area contributed by atoms with Gasteiger partial charge in [0, 0.05) is 32.3 Å². The molecule has 4 nitrogen and oxygen atoms in total. The molecule has 0 N–H and O–H groups in total. The van der Waals surface area contributed by atoms with E-state index in [0.717, 1.165) is 46.0 Å². The van der Waals surface area contributed by atoms with Crippen molar-refractivity contribution in [1.82, 2.24) is 4.40 Å². The second-order valence-electron chi connectivity index (χ2n) is 19.9.